The number of carboxylic acid groups (broad SMARTS) is 1. The molecule has 0 amide bonds. The molecule has 0 spiro atoms. The largest absolute Gasteiger partial charge is 0.497 e. The quantitative estimate of drug-likeness (QED) is 0.540. The molecule has 0 radical (unpaired) electrons. The van der Waals surface area contributed by atoms with Gasteiger partial charge in [-0.1, -0.05) is 12.1 Å². The van der Waals surface area contributed by atoms with Crippen molar-refractivity contribution < 1.29 is 36.9 Å². The SMILES string of the molecule is COc1ccc(Cn2ncc(NC(C)COCC(F)C(=O)O)c(C(F)(F)F)c2=O)cc1. The van der Waals surface area contributed by atoms with E-state index in [1.165, 1.54) is 14.0 Å². The van der Waals surface area contributed by atoms with Gasteiger partial charge in [-0.2, -0.15) is 18.3 Å². The molecule has 8 nitrogen and oxygen atoms in total. The normalized spacial score (nSPS) is 13.5. The molecule has 2 unspecified atom stereocenters. The van der Waals surface area contributed by atoms with Crippen molar-refractivity contribution in [1.82, 2.24) is 9.78 Å². The first-order valence-electron chi connectivity index (χ1n) is 9.04. The van der Waals surface area contributed by atoms with Crippen LogP contribution >= 0.6 is 0 Å². The van der Waals surface area contributed by atoms with Crippen molar-refractivity contribution in [2.45, 2.75) is 31.9 Å². The molecule has 0 aliphatic carbocycles. The molecule has 170 valence electrons. The third-order valence-corrected chi connectivity index (χ3v) is 4.12. The Balaban J connectivity index is 2.19. The maximum Gasteiger partial charge on any atom is 0.423 e. The van der Waals surface area contributed by atoms with E-state index >= 15 is 0 Å². The van der Waals surface area contributed by atoms with Crippen molar-refractivity contribution in [2.24, 2.45) is 0 Å². The summed E-state index contributed by atoms with van der Waals surface area (Å²) < 4.78 is 64.3. The van der Waals surface area contributed by atoms with E-state index in [0.29, 0.717) is 16.0 Å². The zero-order valence-electron chi connectivity index (χ0n) is 16.6. The zero-order chi connectivity index (χ0) is 23.2. The summed E-state index contributed by atoms with van der Waals surface area (Å²) in [6.45, 7) is 0.199. The van der Waals surface area contributed by atoms with Crippen molar-refractivity contribution >= 4 is 11.7 Å². The second kappa shape index (κ2) is 10.2. The van der Waals surface area contributed by atoms with Gasteiger partial charge in [0.1, 0.15) is 11.3 Å². The van der Waals surface area contributed by atoms with Crippen LogP contribution in [0.3, 0.4) is 0 Å². The number of aliphatic carboxylic acids is 1. The van der Waals surface area contributed by atoms with Crippen molar-refractivity contribution in [3.8, 4) is 5.75 Å². The fourth-order valence-electron chi connectivity index (χ4n) is 2.62. The number of nitrogens with zero attached hydrogens (tertiary/aromatic N) is 2. The van der Waals surface area contributed by atoms with Crippen molar-refractivity contribution in [2.75, 3.05) is 25.6 Å². The summed E-state index contributed by atoms with van der Waals surface area (Å²) in [7, 11) is 1.47. The molecule has 0 bridgehead atoms. The van der Waals surface area contributed by atoms with Crippen LogP contribution in [0.25, 0.3) is 0 Å². The van der Waals surface area contributed by atoms with Gasteiger partial charge < -0.3 is 19.9 Å². The molecule has 0 saturated heterocycles. The predicted octanol–water partition coefficient (Wildman–Crippen LogP) is 2.56. The molecule has 1 aromatic carbocycles. The minimum atomic E-state index is -4.96. The Labute approximate surface area is 174 Å². The summed E-state index contributed by atoms with van der Waals surface area (Å²) in [5.41, 5.74) is -2.78. The number of alkyl halides is 4. The van der Waals surface area contributed by atoms with Gasteiger partial charge in [-0.25, -0.2) is 13.9 Å². The third kappa shape index (κ3) is 6.67. The molecule has 2 rings (SSSR count). The number of hydrogen-bond acceptors (Lipinski definition) is 6. The monoisotopic (exact) mass is 447 g/mol. The number of rotatable bonds is 10. The van der Waals surface area contributed by atoms with E-state index in [1.807, 2.05) is 0 Å². The Morgan fingerprint density at radius 1 is 1.26 bits per heavy atom. The Kier molecular flexibility index (Phi) is 7.97. The molecule has 2 aromatic rings. The highest BCUT2D eigenvalue weighted by molar-refractivity contribution is 5.72. The lowest BCUT2D eigenvalue weighted by Crippen LogP contribution is -2.34. The number of methoxy groups -OCH3 is 1. The van der Waals surface area contributed by atoms with E-state index in [4.69, 9.17) is 14.6 Å². The van der Waals surface area contributed by atoms with Gasteiger partial charge in [0.25, 0.3) is 5.56 Å². The van der Waals surface area contributed by atoms with Crippen LogP contribution in [0.15, 0.2) is 35.3 Å². The maximum atomic E-state index is 13.6. The lowest BCUT2D eigenvalue weighted by molar-refractivity contribution is -0.145. The summed E-state index contributed by atoms with van der Waals surface area (Å²) in [5, 5.41) is 14.7. The number of hydrogen-bond donors (Lipinski definition) is 2. The predicted molar refractivity (Wildman–Crippen MR) is 102 cm³/mol. The number of carboxylic acids is 1. The van der Waals surface area contributed by atoms with Crippen LogP contribution in [0.5, 0.6) is 5.75 Å². The van der Waals surface area contributed by atoms with Gasteiger partial charge in [0.05, 0.1) is 38.8 Å². The molecular formula is C19H21F4N3O5. The van der Waals surface area contributed by atoms with E-state index in [2.05, 4.69) is 10.4 Å². The highest BCUT2D eigenvalue weighted by Gasteiger charge is 2.38. The highest BCUT2D eigenvalue weighted by Crippen LogP contribution is 2.32. The molecule has 2 N–H and O–H groups in total. The molecular weight excluding hydrogens is 426 g/mol. The number of aromatic nitrogens is 2. The van der Waals surface area contributed by atoms with Gasteiger partial charge >= 0.3 is 12.1 Å². The minimum Gasteiger partial charge on any atom is -0.497 e. The first-order valence-corrected chi connectivity index (χ1v) is 9.04. The maximum absolute atomic E-state index is 13.6. The van der Waals surface area contributed by atoms with E-state index in [9.17, 15) is 27.2 Å². The van der Waals surface area contributed by atoms with Gasteiger partial charge in [0, 0.05) is 6.04 Å². The Hall–Kier alpha value is -3.15. The standard InChI is InChI=1S/C19H21F4N3O5/c1-11(9-31-10-14(20)18(28)29)25-15-7-24-26(17(27)16(15)19(21,22)23)8-12-3-5-13(30-2)6-4-12/h3-7,11,14,25H,8-10H2,1-2H3,(H,28,29). The Bertz CT molecular complexity index is 947. The molecule has 2 atom stereocenters. The molecule has 0 aliphatic rings. The van der Waals surface area contributed by atoms with Crippen molar-refractivity contribution in [3.05, 3.63) is 51.9 Å². The minimum absolute atomic E-state index is 0.183. The number of halogens is 4. The summed E-state index contributed by atoms with van der Waals surface area (Å²) in [6, 6.07) is 5.62. The fraction of sp³-hybridized carbons (Fsp3) is 0.421. The van der Waals surface area contributed by atoms with Gasteiger partial charge in [-0.3, -0.25) is 4.79 Å². The van der Waals surface area contributed by atoms with E-state index in [0.717, 1.165) is 6.20 Å². The number of ether oxygens (including phenoxy) is 2. The van der Waals surface area contributed by atoms with Crippen LogP contribution in [-0.4, -0.2) is 53.4 Å². The first kappa shape index (κ1) is 24.1. The second-order valence-corrected chi connectivity index (χ2v) is 6.63. The van der Waals surface area contributed by atoms with Crippen LogP contribution in [0.1, 0.15) is 18.1 Å². The Morgan fingerprint density at radius 3 is 2.45 bits per heavy atom. The summed E-state index contributed by atoms with van der Waals surface area (Å²) in [5.74, 6) is -1.15. The highest BCUT2D eigenvalue weighted by atomic mass is 19.4. The fourth-order valence-corrected chi connectivity index (χ4v) is 2.62. The van der Waals surface area contributed by atoms with Crippen LogP contribution < -0.4 is 15.6 Å². The lowest BCUT2D eigenvalue weighted by atomic mass is 10.2. The average molecular weight is 447 g/mol. The number of nitrogens with one attached hydrogen (secondary N) is 1. The third-order valence-electron chi connectivity index (χ3n) is 4.12. The van der Waals surface area contributed by atoms with Gasteiger partial charge in [-0.05, 0) is 24.6 Å². The van der Waals surface area contributed by atoms with Crippen molar-refractivity contribution in [1.29, 1.82) is 0 Å². The summed E-state index contributed by atoms with van der Waals surface area (Å²) in [4.78, 5) is 22.9. The van der Waals surface area contributed by atoms with E-state index < -0.39 is 47.8 Å². The number of carbonyl (C=O) groups is 1. The smallest absolute Gasteiger partial charge is 0.423 e. The lowest BCUT2D eigenvalue weighted by Gasteiger charge is -2.20. The molecule has 1 heterocycles. The first-order chi connectivity index (χ1) is 14.5. The summed E-state index contributed by atoms with van der Waals surface area (Å²) >= 11 is 0. The number of anilines is 1. The van der Waals surface area contributed by atoms with Crippen LogP contribution in [0, 0.1) is 0 Å². The molecule has 31 heavy (non-hydrogen) atoms. The second-order valence-electron chi connectivity index (χ2n) is 6.63. The molecule has 0 fully saturated rings. The number of benzene rings is 1. The molecule has 1 aromatic heterocycles. The van der Waals surface area contributed by atoms with E-state index in [1.54, 1.807) is 24.3 Å². The average Bonchev–Trinajstić information content (AvgIpc) is 2.69. The molecule has 0 saturated carbocycles. The van der Waals surface area contributed by atoms with Crippen LogP contribution in [-0.2, 0) is 22.3 Å². The van der Waals surface area contributed by atoms with Crippen LogP contribution in [0.4, 0.5) is 23.2 Å². The van der Waals surface area contributed by atoms with Gasteiger partial charge in [-0.15, -0.1) is 0 Å². The zero-order valence-corrected chi connectivity index (χ0v) is 16.6. The van der Waals surface area contributed by atoms with Gasteiger partial charge in [0.15, 0.2) is 0 Å². The Morgan fingerprint density at radius 2 is 1.90 bits per heavy atom. The molecule has 12 heteroatoms. The van der Waals surface area contributed by atoms with Crippen molar-refractivity contribution in [3.63, 3.8) is 0 Å². The summed E-state index contributed by atoms with van der Waals surface area (Å²) in [6.07, 6.45) is -6.33. The topological polar surface area (TPSA) is 103 Å². The molecule has 0 aliphatic heterocycles. The van der Waals surface area contributed by atoms with Gasteiger partial charge in [0.2, 0.25) is 6.17 Å². The van der Waals surface area contributed by atoms with Crippen LogP contribution in [0.2, 0.25) is 0 Å². The van der Waals surface area contributed by atoms with E-state index in [-0.39, 0.29) is 13.2 Å².